The van der Waals surface area contributed by atoms with Gasteiger partial charge in [0.15, 0.2) is 0 Å². The third-order valence-corrected chi connectivity index (χ3v) is 3.99. The van der Waals surface area contributed by atoms with E-state index in [0.29, 0.717) is 30.3 Å². The minimum Gasteiger partial charge on any atom is -0.268 e. The average molecular weight is 503 g/mol. The summed E-state index contributed by atoms with van der Waals surface area (Å²) in [6, 6.07) is 1.43. The molecule has 0 radical (unpaired) electrons. The topological polar surface area (TPSA) is 74.8 Å². The number of carbonyl (C=O) groups is 4. The van der Waals surface area contributed by atoms with E-state index < -0.39 is 68.8 Å². The number of amides is 5. The lowest BCUT2D eigenvalue weighted by molar-refractivity contribution is -0.180. The summed E-state index contributed by atoms with van der Waals surface area (Å²) < 4.78 is 106. The fourth-order valence-electron chi connectivity index (χ4n) is 2.34. The highest BCUT2D eigenvalue weighted by Crippen LogP contribution is 2.29. The van der Waals surface area contributed by atoms with Crippen molar-refractivity contribution in [2.45, 2.75) is 12.4 Å². The highest BCUT2D eigenvalue weighted by molar-refractivity contribution is 6.31. The second-order valence-electron chi connectivity index (χ2n) is 5.94. The summed E-state index contributed by atoms with van der Waals surface area (Å²) >= 11 is 5.54. The molecule has 0 atom stereocenters. The van der Waals surface area contributed by atoms with Crippen LogP contribution in [0.25, 0.3) is 0 Å². The van der Waals surface area contributed by atoms with E-state index in [1.54, 1.807) is 0 Å². The molecule has 6 nitrogen and oxygen atoms in total. The van der Waals surface area contributed by atoms with Crippen LogP contribution in [-0.4, -0.2) is 41.0 Å². The van der Waals surface area contributed by atoms with Crippen molar-refractivity contribution < 1.29 is 54.3 Å². The van der Waals surface area contributed by atoms with Crippen molar-refractivity contribution in [3.63, 3.8) is 0 Å². The van der Waals surface area contributed by atoms with E-state index in [4.69, 9.17) is 11.6 Å². The van der Waals surface area contributed by atoms with Gasteiger partial charge in [-0.25, -0.2) is 18.5 Å². The van der Waals surface area contributed by atoms with Crippen LogP contribution in [0, 0.1) is 11.6 Å². The predicted octanol–water partition coefficient (Wildman–Crippen LogP) is 4.86. The van der Waals surface area contributed by atoms with Crippen LogP contribution in [0.3, 0.4) is 0 Å². The van der Waals surface area contributed by atoms with Gasteiger partial charge < -0.3 is 0 Å². The third kappa shape index (κ3) is 5.45. The molecule has 0 spiro atoms. The minimum absolute atomic E-state index is 0.140. The van der Waals surface area contributed by atoms with Crippen LogP contribution in [0.15, 0.2) is 42.5 Å². The van der Waals surface area contributed by atoms with Crippen molar-refractivity contribution in [1.29, 1.82) is 0 Å². The van der Waals surface area contributed by atoms with E-state index in [-0.39, 0.29) is 5.02 Å². The Morgan fingerprint density at radius 1 is 0.727 bits per heavy atom. The molecule has 15 heteroatoms. The molecule has 0 saturated heterocycles. The summed E-state index contributed by atoms with van der Waals surface area (Å²) in [4.78, 5) is 46.2. The van der Waals surface area contributed by atoms with Gasteiger partial charge in [-0.1, -0.05) is 17.7 Å². The van der Waals surface area contributed by atoms with Crippen LogP contribution in [0.4, 0.5) is 45.6 Å². The van der Waals surface area contributed by atoms with Gasteiger partial charge in [-0.3, -0.25) is 14.4 Å². The molecule has 2 rings (SSSR count). The normalized spacial score (nSPS) is 11.7. The van der Waals surface area contributed by atoms with Crippen LogP contribution in [-0.2, 0) is 9.59 Å². The SMILES string of the molecule is O=C(c1c(F)cccc1F)N(C(=O)N(C(=O)C(F)(F)F)c1ccc(Cl)cc1)C(=O)C(F)(F)F. The first-order valence-electron chi connectivity index (χ1n) is 8.17. The third-order valence-electron chi connectivity index (χ3n) is 3.74. The van der Waals surface area contributed by atoms with Crippen molar-refractivity contribution in [2.24, 2.45) is 0 Å². The Labute approximate surface area is 182 Å². The Hall–Kier alpha value is -3.55. The van der Waals surface area contributed by atoms with Crippen LogP contribution in [0.2, 0.25) is 5.02 Å². The average Bonchev–Trinajstić information content (AvgIpc) is 2.68. The molecule has 5 amide bonds. The van der Waals surface area contributed by atoms with Crippen molar-refractivity contribution in [1.82, 2.24) is 4.90 Å². The number of hydrogen-bond donors (Lipinski definition) is 0. The van der Waals surface area contributed by atoms with Crippen molar-refractivity contribution in [3.8, 4) is 0 Å². The van der Waals surface area contributed by atoms with Crippen molar-refractivity contribution in [2.75, 3.05) is 4.90 Å². The van der Waals surface area contributed by atoms with E-state index in [0.717, 1.165) is 12.1 Å². The molecule has 33 heavy (non-hydrogen) atoms. The molecule has 0 fully saturated rings. The molecule has 176 valence electrons. The Kier molecular flexibility index (Phi) is 7.11. The number of rotatable bonds is 2. The molecule has 0 saturated carbocycles. The summed E-state index contributed by atoms with van der Waals surface area (Å²) in [6.45, 7) is 0. The van der Waals surface area contributed by atoms with Crippen molar-refractivity contribution in [3.05, 3.63) is 64.7 Å². The highest BCUT2D eigenvalue weighted by atomic mass is 35.5. The minimum atomic E-state index is -6.08. The molecule has 0 aliphatic heterocycles. The van der Waals surface area contributed by atoms with Crippen LogP contribution < -0.4 is 4.90 Å². The van der Waals surface area contributed by atoms with Crippen LogP contribution in [0.5, 0.6) is 0 Å². The summed E-state index contributed by atoms with van der Waals surface area (Å²) in [7, 11) is 0. The molecule has 0 aliphatic carbocycles. The zero-order valence-corrected chi connectivity index (χ0v) is 16.2. The number of nitrogens with zero attached hydrogens (tertiary/aromatic N) is 2. The second-order valence-corrected chi connectivity index (χ2v) is 6.37. The van der Waals surface area contributed by atoms with E-state index >= 15 is 0 Å². The summed E-state index contributed by atoms with van der Waals surface area (Å²) in [6.07, 6.45) is -12.0. The van der Waals surface area contributed by atoms with E-state index in [1.807, 2.05) is 0 Å². The number of benzene rings is 2. The second kappa shape index (κ2) is 9.13. The number of alkyl halides is 6. The molecular formula is C18H7ClF8N2O4. The van der Waals surface area contributed by atoms with Gasteiger partial charge in [-0.15, -0.1) is 0 Å². The molecule has 0 bridgehead atoms. The molecule has 2 aromatic carbocycles. The molecule has 0 unspecified atom stereocenters. The fourth-order valence-corrected chi connectivity index (χ4v) is 2.46. The number of urea groups is 1. The fraction of sp³-hybridized carbons (Fsp3) is 0.111. The van der Waals surface area contributed by atoms with Gasteiger partial charge >= 0.3 is 30.2 Å². The number of hydrogen-bond acceptors (Lipinski definition) is 4. The lowest BCUT2D eigenvalue weighted by atomic mass is 10.1. The zero-order valence-electron chi connectivity index (χ0n) is 15.5. The van der Waals surface area contributed by atoms with Crippen LogP contribution in [0.1, 0.15) is 10.4 Å². The van der Waals surface area contributed by atoms with Gasteiger partial charge in [0.1, 0.15) is 17.2 Å². The Morgan fingerprint density at radius 2 is 1.18 bits per heavy atom. The predicted molar refractivity (Wildman–Crippen MR) is 94.0 cm³/mol. The summed E-state index contributed by atoms with van der Waals surface area (Å²) in [5.74, 6) is -12.8. The lowest BCUT2D eigenvalue weighted by Crippen LogP contribution is -2.57. The van der Waals surface area contributed by atoms with Gasteiger partial charge in [-0.05, 0) is 36.4 Å². The smallest absolute Gasteiger partial charge is 0.268 e. The summed E-state index contributed by atoms with van der Waals surface area (Å²) in [5, 5.41) is -0.140. The monoisotopic (exact) mass is 502 g/mol. The molecular weight excluding hydrogens is 496 g/mol. The van der Waals surface area contributed by atoms with Crippen LogP contribution >= 0.6 is 11.6 Å². The number of anilines is 1. The quantitative estimate of drug-likeness (QED) is 0.550. The van der Waals surface area contributed by atoms with Gasteiger partial charge in [0, 0.05) is 5.02 Å². The molecule has 0 heterocycles. The number of imide groups is 4. The first-order chi connectivity index (χ1) is 15.1. The maximum absolute atomic E-state index is 13.9. The standard InChI is InChI=1S/C18H7ClF8N2O4/c19-8-4-6-9(7-5-8)28(14(31)17(22,23)24)16(33)29(15(32)18(25,26)27)13(30)12-10(20)2-1-3-11(12)21/h1-7H. The molecule has 2 aromatic rings. The first kappa shape index (κ1) is 25.7. The largest absolute Gasteiger partial charge is 0.472 e. The number of carbonyl (C=O) groups excluding carboxylic acids is 4. The van der Waals surface area contributed by atoms with Crippen molar-refractivity contribution >= 4 is 41.0 Å². The maximum Gasteiger partial charge on any atom is 0.472 e. The van der Waals surface area contributed by atoms with E-state index in [9.17, 15) is 54.3 Å². The Balaban J connectivity index is 2.75. The highest BCUT2D eigenvalue weighted by Gasteiger charge is 2.53. The zero-order chi connectivity index (χ0) is 25.3. The maximum atomic E-state index is 13.9. The van der Waals surface area contributed by atoms with Gasteiger partial charge in [0.2, 0.25) is 0 Å². The number of halogens is 9. The summed E-state index contributed by atoms with van der Waals surface area (Å²) in [5.41, 5.74) is -2.92. The van der Waals surface area contributed by atoms with E-state index in [1.165, 1.54) is 0 Å². The van der Waals surface area contributed by atoms with Gasteiger partial charge in [0.05, 0.1) is 5.69 Å². The molecule has 0 aliphatic rings. The lowest BCUT2D eigenvalue weighted by Gasteiger charge is -2.28. The molecule has 0 aromatic heterocycles. The Morgan fingerprint density at radius 3 is 1.61 bits per heavy atom. The Bertz CT molecular complexity index is 1100. The van der Waals surface area contributed by atoms with Gasteiger partial charge in [0.25, 0.3) is 5.91 Å². The first-order valence-corrected chi connectivity index (χ1v) is 8.55. The van der Waals surface area contributed by atoms with Gasteiger partial charge in [-0.2, -0.15) is 31.2 Å². The molecule has 0 N–H and O–H groups in total. The van der Waals surface area contributed by atoms with E-state index in [2.05, 4.69) is 0 Å².